The lowest BCUT2D eigenvalue weighted by molar-refractivity contribution is -0.130. The lowest BCUT2D eigenvalue weighted by atomic mass is 10.1. The number of carbonyl (C=O) groups excluding carboxylic acids is 1. The van der Waals surface area contributed by atoms with Crippen LogP contribution in [0.15, 0.2) is 29.2 Å². The predicted molar refractivity (Wildman–Crippen MR) is 77.4 cm³/mol. The summed E-state index contributed by atoms with van der Waals surface area (Å²) in [5.41, 5.74) is 1.34. The van der Waals surface area contributed by atoms with Gasteiger partial charge in [-0.05, 0) is 42.7 Å². The second-order valence-electron chi connectivity index (χ2n) is 4.29. The normalized spacial score (nSPS) is 10.4. The number of unbranched alkanes of at least 4 members (excludes halogenated alkanes) is 1. The van der Waals surface area contributed by atoms with Crippen LogP contribution in [0.5, 0.6) is 0 Å². The van der Waals surface area contributed by atoms with Crippen molar-refractivity contribution in [2.24, 2.45) is 5.84 Å². The largest absolute Gasteiger partial charge is 0.284 e. The first-order valence-electron chi connectivity index (χ1n) is 6.36. The van der Waals surface area contributed by atoms with Crippen molar-refractivity contribution in [1.82, 2.24) is 5.01 Å². The molecule has 1 rings (SSSR count). The molecule has 1 amide bonds. The molecule has 0 saturated carbocycles. The summed E-state index contributed by atoms with van der Waals surface area (Å²) >= 11 is 1.86. The lowest BCUT2D eigenvalue weighted by Crippen LogP contribution is -2.32. The summed E-state index contributed by atoms with van der Waals surface area (Å²) in [6.45, 7) is 2.16. The maximum Gasteiger partial charge on any atom is 0.236 e. The van der Waals surface area contributed by atoms with E-state index in [1.165, 1.54) is 10.5 Å². The molecule has 0 heterocycles. The van der Waals surface area contributed by atoms with Gasteiger partial charge in [0.1, 0.15) is 0 Å². The molecular formula is C14H22N2OS. The number of rotatable bonds is 7. The van der Waals surface area contributed by atoms with Crippen LogP contribution in [0.2, 0.25) is 0 Å². The van der Waals surface area contributed by atoms with Crippen LogP contribution >= 0.6 is 11.8 Å². The average molecular weight is 266 g/mol. The Labute approximate surface area is 114 Å². The Hall–Kier alpha value is -1.00. The highest BCUT2D eigenvalue weighted by atomic mass is 32.2. The van der Waals surface area contributed by atoms with E-state index in [1.807, 2.05) is 11.8 Å². The zero-order chi connectivity index (χ0) is 13.4. The maximum absolute atomic E-state index is 11.3. The fraction of sp³-hybridized carbons (Fsp3) is 0.500. The summed E-state index contributed by atoms with van der Waals surface area (Å²) in [4.78, 5) is 12.6. The number of hydrogen-bond donors (Lipinski definition) is 1. The molecule has 18 heavy (non-hydrogen) atoms. The number of thioether (sulfide) groups is 1. The highest BCUT2D eigenvalue weighted by Gasteiger charge is 2.03. The van der Waals surface area contributed by atoms with E-state index in [1.54, 1.807) is 7.05 Å². The number of benzene rings is 1. The van der Waals surface area contributed by atoms with Gasteiger partial charge in [0.25, 0.3) is 0 Å². The molecule has 0 bridgehead atoms. The van der Waals surface area contributed by atoms with Gasteiger partial charge in [0.15, 0.2) is 0 Å². The van der Waals surface area contributed by atoms with Crippen LogP contribution in [0.1, 0.15) is 31.7 Å². The van der Waals surface area contributed by atoms with Crippen molar-refractivity contribution in [2.45, 2.75) is 37.5 Å². The molecule has 1 aromatic rings. The summed E-state index contributed by atoms with van der Waals surface area (Å²) in [5, 5.41) is 1.16. The van der Waals surface area contributed by atoms with E-state index in [0.29, 0.717) is 6.42 Å². The molecular weight excluding hydrogens is 244 g/mol. The van der Waals surface area contributed by atoms with E-state index in [4.69, 9.17) is 5.84 Å². The monoisotopic (exact) mass is 266 g/mol. The number of amides is 1. The lowest BCUT2D eigenvalue weighted by Gasteiger charge is -2.09. The summed E-state index contributed by atoms with van der Waals surface area (Å²) < 4.78 is 0. The molecule has 2 N–H and O–H groups in total. The Kier molecular flexibility index (Phi) is 6.83. The van der Waals surface area contributed by atoms with Crippen LogP contribution in [-0.2, 0) is 11.2 Å². The molecule has 100 valence electrons. The Balaban J connectivity index is 2.25. The summed E-state index contributed by atoms with van der Waals surface area (Å²) in [7, 11) is 1.59. The molecule has 3 nitrogen and oxygen atoms in total. The van der Waals surface area contributed by atoms with Crippen LogP contribution in [-0.4, -0.2) is 23.7 Å². The van der Waals surface area contributed by atoms with Gasteiger partial charge in [-0.2, -0.15) is 0 Å². The quantitative estimate of drug-likeness (QED) is 0.271. The van der Waals surface area contributed by atoms with Gasteiger partial charge in [0, 0.05) is 18.4 Å². The predicted octanol–water partition coefficient (Wildman–Crippen LogP) is 2.84. The van der Waals surface area contributed by atoms with Gasteiger partial charge in [0.05, 0.1) is 0 Å². The molecule has 0 aromatic heterocycles. The Morgan fingerprint density at radius 3 is 2.50 bits per heavy atom. The Morgan fingerprint density at radius 1 is 1.28 bits per heavy atom. The van der Waals surface area contributed by atoms with Crippen LogP contribution in [0.25, 0.3) is 0 Å². The van der Waals surface area contributed by atoms with E-state index in [-0.39, 0.29) is 5.91 Å². The number of aryl methyl sites for hydroxylation is 1. The molecule has 1 aromatic carbocycles. The number of carbonyl (C=O) groups is 1. The number of nitrogens with zero attached hydrogens (tertiary/aromatic N) is 1. The van der Waals surface area contributed by atoms with E-state index < -0.39 is 0 Å². The van der Waals surface area contributed by atoms with Crippen molar-refractivity contribution in [3.63, 3.8) is 0 Å². The first kappa shape index (κ1) is 15.1. The zero-order valence-electron chi connectivity index (χ0n) is 11.2. The van der Waals surface area contributed by atoms with Crippen molar-refractivity contribution in [3.05, 3.63) is 29.8 Å². The number of nitrogens with two attached hydrogens (primary N) is 1. The van der Waals surface area contributed by atoms with Crippen molar-refractivity contribution < 1.29 is 4.79 Å². The third-order valence-corrected chi connectivity index (χ3v) is 3.63. The van der Waals surface area contributed by atoms with Crippen molar-refractivity contribution in [2.75, 3.05) is 12.8 Å². The third-order valence-electron chi connectivity index (χ3n) is 2.73. The minimum absolute atomic E-state index is 0.00435. The molecule has 0 saturated heterocycles. The van der Waals surface area contributed by atoms with E-state index in [9.17, 15) is 4.79 Å². The molecule has 0 unspecified atom stereocenters. The van der Waals surface area contributed by atoms with Crippen LogP contribution in [0.3, 0.4) is 0 Å². The first-order valence-corrected chi connectivity index (χ1v) is 7.35. The molecule has 0 atom stereocenters. The smallest absolute Gasteiger partial charge is 0.236 e. The van der Waals surface area contributed by atoms with Gasteiger partial charge in [-0.15, -0.1) is 11.8 Å². The van der Waals surface area contributed by atoms with E-state index in [2.05, 4.69) is 31.2 Å². The number of hydrazine groups is 1. The Bertz CT molecular complexity index is 363. The zero-order valence-corrected chi connectivity index (χ0v) is 12.0. The highest BCUT2D eigenvalue weighted by molar-refractivity contribution is 7.99. The molecule has 0 spiro atoms. The van der Waals surface area contributed by atoms with Crippen LogP contribution in [0.4, 0.5) is 0 Å². The minimum Gasteiger partial charge on any atom is -0.284 e. The fourth-order valence-electron chi connectivity index (χ4n) is 1.70. The SMILES string of the molecule is CCSc1ccc(CCCCC(=O)N(C)N)cc1. The third kappa shape index (κ3) is 5.56. The highest BCUT2D eigenvalue weighted by Crippen LogP contribution is 2.18. The van der Waals surface area contributed by atoms with Crippen molar-refractivity contribution >= 4 is 17.7 Å². The van der Waals surface area contributed by atoms with E-state index >= 15 is 0 Å². The van der Waals surface area contributed by atoms with E-state index in [0.717, 1.165) is 30.0 Å². The fourth-order valence-corrected chi connectivity index (χ4v) is 2.36. The average Bonchev–Trinajstić information content (AvgIpc) is 2.36. The molecule has 0 aliphatic carbocycles. The second kappa shape index (κ2) is 8.16. The molecule has 0 aliphatic rings. The first-order chi connectivity index (χ1) is 8.63. The number of hydrogen-bond acceptors (Lipinski definition) is 3. The van der Waals surface area contributed by atoms with Crippen LogP contribution in [0, 0.1) is 0 Å². The molecule has 0 aliphatic heterocycles. The van der Waals surface area contributed by atoms with Gasteiger partial charge >= 0.3 is 0 Å². The van der Waals surface area contributed by atoms with Gasteiger partial charge in [-0.1, -0.05) is 19.1 Å². The molecule has 4 heteroatoms. The van der Waals surface area contributed by atoms with Crippen molar-refractivity contribution in [1.29, 1.82) is 0 Å². The topological polar surface area (TPSA) is 46.3 Å². The standard InChI is InChI=1S/C14H22N2OS/c1-3-18-13-10-8-12(9-11-13)6-4-5-7-14(17)16(2)15/h8-11H,3-7,15H2,1-2H3. The minimum atomic E-state index is 0.00435. The molecule has 0 radical (unpaired) electrons. The summed E-state index contributed by atoms with van der Waals surface area (Å²) in [6.07, 6.45) is 3.49. The van der Waals surface area contributed by atoms with Gasteiger partial charge in [0.2, 0.25) is 5.91 Å². The summed E-state index contributed by atoms with van der Waals surface area (Å²) in [5.74, 6) is 6.47. The summed E-state index contributed by atoms with van der Waals surface area (Å²) in [6, 6.07) is 8.69. The Morgan fingerprint density at radius 2 is 1.94 bits per heavy atom. The molecule has 0 fully saturated rings. The van der Waals surface area contributed by atoms with Gasteiger partial charge in [-0.25, -0.2) is 5.84 Å². The van der Waals surface area contributed by atoms with Crippen molar-refractivity contribution in [3.8, 4) is 0 Å². The second-order valence-corrected chi connectivity index (χ2v) is 5.63. The van der Waals surface area contributed by atoms with Gasteiger partial charge in [-0.3, -0.25) is 9.80 Å². The van der Waals surface area contributed by atoms with Gasteiger partial charge < -0.3 is 0 Å². The van der Waals surface area contributed by atoms with Crippen LogP contribution < -0.4 is 5.84 Å². The maximum atomic E-state index is 11.3.